The van der Waals surface area contributed by atoms with Crippen LogP contribution in [0.2, 0.25) is 0 Å². The number of furan rings is 1. The van der Waals surface area contributed by atoms with Gasteiger partial charge in [-0.3, -0.25) is 20.7 Å². The first-order valence-electron chi connectivity index (χ1n) is 9.69. The van der Waals surface area contributed by atoms with Gasteiger partial charge in [-0.25, -0.2) is 4.98 Å². The lowest BCUT2D eigenvalue weighted by atomic mass is 10.1. The maximum atomic E-state index is 9.47. The fraction of sp³-hybridized carbons (Fsp3) is 0.0417. The fourth-order valence-corrected chi connectivity index (χ4v) is 3.32. The predicted molar refractivity (Wildman–Crippen MR) is 117 cm³/mol. The molecule has 5 rings (SSSR count). The zero-order valence-corrected chi connectivity index (χ0v) is 16.4. The summed E-state index contributed by atoms with van der Waals surface area (Å²) in [5, 5.41) is 11.5. The molecule has 0 bridgehead atoms. The summed E-state index contributed by atoms with van der Waals surface area (Å²) in [6, 6.07) is 20.8. The van der Waals surface area contributed by atoms with Gasteiger partial charge < -0.3 is 9.15 Å². The lowest BCUT2D eigenvalue weighted by Crippen LogP contribution is -2.20. The highest BCUT2D eigenvalue weighted by molar-refractivity contribution is 6.05. The molecule has 0 fully saturated rings. The zero-order chi connectivity index (χ0) is 21.0. The quantitative estimate of drug-likeness (QED) is 0.238. The second-order valence-electron chi connectivity index (χ2n) is 6.88. The SMILES string of the molecule is ONC(=NCc1ccncc1)c1ccc(Oc2ccc3oc4ccccc4c3c2)nc1. The molecule has 152 valence electrons. The summed E-state index contributed by atoms with van der Waals surface area (Å²) in [5.41, 5.74) is 5.40. The normalized spacial score (nSPS) is 11.7. The molecule has 7 heteroatoms. The topological polar surface area (TPSA) is 92.8 Å². The summed E-state index contributed by atoms with van der Waals surface area (Å²) in [5.74, 6) is 1.41. The lowest BCUT2D eigenvalue weighted by Gasteiger charge is -2.08. The first-order valence-corrected chi connectivity index (χ1v) is 9.69. The molecule has 0 saturated heterocycles. The molecule has 0 atom stereocenters. The molecule has 3 heterocycles. The summed E-state index contributed by atoms with van der Waals surface area (Å²) in [4.78, 5) is 12.7. The Morgan fingerprint density at radius 3 is 2.61 bits per heavy atom. The number of hydrogen-bond donors (Lipinski definition) is 2. The van der Waals surface area contributed by atoms with E-state index < -0.39 is 0 Å². The van der Waals surface area contributed by atoms with Crippen LogP contribution in [0.25, 0.3) is 21.9 Å². The smallest absolute Gasteiger partial charge is 0.219 e. The second-order valence-corrected chi connectivity index (χ2v) is 6.88. The van der Waals surface area contributed by atoms with Crippen LogP contribution in [0, 0.1) is 0 Å². The number of fused-ring (bicyclic) bond motifs is 3. The van der Waals surface area contributed by atoms with Crippen LogP contribution in [-0.2, 0) is 6.54 Å². The summed E-state index contributed by atoms with van der Waals surface area (Å²) in [6.07, 6.45) is 5.00. The monoisotopic (exact) mass is 410 g/mol. The molecule has 2 aromatic carbocycles. The molecule has 2 N–H and O–H groups in total. The molecule has 0 amide bonds. The van der Waals surface area contributed by atoms with Crippen LogP contribution < -0.4 is 10.2 Å². The number of nitrogens with zero attached hydrogens (tertiary/aromatic N) is 3. The molecular weight excluding hydrogens is 392 g/mol. The van der Waals surface area contributed by atoms with E-state index in [1.807, 2.05) is 54.6 Å². The van der Waals surface area contributed by atoms with Crippen molar-refractivity contribution in [3.8, 4) is 11.6 Å². The van der Waals surface area contributed by atoms with Gasteiger partial charge in [0.05, 0.1) is 6.54 Å². The first kappa shape index (κ1) is 18.8. The molecule has 0 spiro atoms. The van der Waals surface area contributed by atoms with Gasteiger partial charge in [0, 0.05) is 41.0 Å². The fourth-order valence-electron chi connectivity index (χ4n) is 3.32. The molecule has 0 radical (unpaired) electrons. The van der Waals surface area contributed by atoms with Crippen molar-refractivity contribution in [1.29, 1.82) is 0 Å². The van der Waals surface area contributed by atoms with Gasteiger partial charge >= 0.3 is 0 Å². The number of amidine groups is 1. The van der Waals surface area contributed by atoms with Crippen molar-refractivity contribution in [1.82, 2.24) is 15.4 Å². The van der Waals surface area contributed by atoms with E-state index in [0.717, 1.165) is 27.5 Å². The zero-order valence-electron chi connectivity index (χ0n) is 16.4. The maximum Gasteiger partial charge on any atom is 0.219 e. The van der Waals surface area contributed by atoms with Crippen LogP contribution in [0.5, 0.6) is 11.6 Å². The first-order chi connectivity index (χ1) is 15.3. The van der Waals surface area contributed by atoms with Crippen molar-refractivity contribution in [2.45, 2.75) is 6.54 Å². The van der Waals surface area contributed by atoms with Crippen molar-refractivity contribution in [2.75, 3.05) is 0 Å². The van der Waals surface area contributed by atoms with Gasteiger partial charge in [-0.05, 0) is 48.0 Å². The maximum absolute atomic E-state index is 9.47. The minimum absolute atomic E-state index is 0.321. The number of benzene rings is 2. The van der Waals surface area contributed by atoms with Gasteiger partial charge in [0.1, 0.15) is 16.9 Å². The Balaban J connectivity index is 1.35. The van der Waals surface area contributed by atoms with E-state index in [9.17, 15) is 5.21 Å². The average molecular weight is 410 g/mol. The number of hydroxylamine groups is 1. The third-order valence-electron chi connectivity index (χ3n) is 4.86. The van der Waals surface area contributed by atoms with Gasteiger partial charge in [0.25, 0.3) is 0 Å². The van der Waals surface area contributed by atoms with E-state index in [2.05, 4.69) is 20.4 Å². The largest absolute Gasteiger partial charge is 0.456 e. The molecule has 5 aromatic rings. The van der Waals surface area contributed by atoms with Gasteiger partial charge in [-0.15, -0.1) is 0 Å². The molecule has 7 nitrogen and oxygen atoms in total. The number of aliphatic imine (C=N–C) groups is 1. The Kier molecular flexibility index (Phi) is 5.00. The molecule has 31 heavy (non-hydrogen) atoms. The summed E-state index contributed by atoms with van der Waals surface area (Å²) >= 11 is 0. The number of para-hydroxylation sites is 1. The van der Waals surface area contributed by atoms with Gasteiger partial charge in [-0.2, -0.15) is 0 Å². The van der Waals surface area contributed by atoms with Crippen LogP contribution in [-0.4, -0.2) is 21.0 Å². The van der Waals surface area contributed by atoms with Crippen LogP contribution >= 0.6 is 0 Å². The van der Waals surface area contributed by atoms with Crippen LogP contribution in [0.4, 0.5) is 0 Å². The van der Waals surface area contributed by atoms with Gasteiger partial charge in [0.15, 0.2) is 5.84 Å². The minimum atomic E-state index is 0.321. The summed E-state index contributed by atoms with van der Waals surface area (Å²) < 4.78 is 11.8. The van der Waals surface area contributed by atoms with E-state index in [1.165, 1.54) is 0 Å². The molecule has 0 aliphatic heterocycles. The highest BCUT2D eigenvalue weighted by Crippen LogP contribution is 2.32. The molecular formula is C24H18N4O3. The number of rotatable bonds is 5. The Bertz CT molecular complexity index is 1360. The standard InChI is InChI=1S/C24H18N4O3/c29-28-24(27-14-16-9-11-25-12-10-16)17-5-8-23(26-15-17)30-18-6-7-22-20(13-18)19-3-1-2-4-21(19)31-22/h1-13,15,29H,14H2,(H,27,28). The third-order valence-corrected chi connectivity index (χ3v) is 4.86. The molecule has 0 unspecified atom stereocenters. The number of ether oxygens (including phenoxy) is 1. The van der Waals surface area contributed by atoms with Crippen molar-refractivity contribution in [3.63, 3.8) is 0 Å². The Morgan fingerprint density at radius 2 is 1.81 bits per heavy atom. The number of aromatic nitrogens is 2. The van der Waals surface area contributed by atoms with E-state index in [1.54, 1.807) is 30.7 Å². The van der Waals surface area contributed by atoms with Crippen LogP contribution in [0.3, 0.4) is 0 Å². The summed E-state index contributed by atoms with van der Waals surface area (Å²) in [6.45, 7) is 0.405. The van der Waals surface area contributed by atoms with Crippen molar-refractivity contribution in [3.05, 3.63) is 96.4 Å². The van der Waals surface area contributed by atoms with E-state index in [-0.39, 0.29) is 0 Å². The molecule has 3 aromatic heterocycles. The minimum Gasteiger partial charge on any atom is -0.456 e. The molecule has 0 aliphatic rings. The highest BCUT2D eigenvalue weighted by atomic mass is 16.5. The van der Waals surface area contributed by atoms with E-state index >= 15 is 0 Å². The summed E-state index contributed by atoms with van der Waals surface area (Å²) in [7, 11) is 0. The lowest BCUT2D eigenvalue weighted by molar-refractivity contribution is 0.234. The van der Waals surface area contributed by atoms with Crippen molar-refractivity contribution >= 4 is 27.8 Å². The van der Waals surface area contributed by atoms with Crippen molar-refractivity contribution < 1.29 is 14.4 Å². The number of pyridine rings is 2. The van der Waals surface area contributed by atoms with E-state index in [4.69, 9.17) is 9.15 Å². The Labute approximate surface area is 177 Å². The Morgan fingerprint density at radius 1 is 0.968 bits per heavy atom. The molecule has 0 saturated carbocycles. The Hall–Kier alpha value is -4.23. The van der Waals surface area contributed by atoms with Crippen molar-refractivity contribution in [2.24, 2.45) is 4.99 Å². The number of hydrogen-bond acceptors (Lipinski definition) is 6. The third kappa shape index (κ3) is 3.94. The highest BCUT2D eigenvalue weighted by Gasteiger charge is 2.09. The predicted octanol–water partition coefficient (Wildman–Crippen LogP) is 5.09. The van der Waals surface area contributed by atoms with Gasteiger partial charge in [0.2, 0.25) is 5.88 Å². The van der Waals surface area contributed by atoms with Crippen LogP contribution in [0.1, 0.15) is 11.1 Å². The van der Waals surface area contributed by atoms with Gasteiger partial charge in [-0.1, -0.05) is 18.2 Å². The van der Waals surface area contributed by atoms with E-state index in [0.29, 0.717) is 29.6 Å². The molecule has 0 aliphatic carbocycles. The number of nitrogens with one attached hydrogen (secondary N) is 1. The van der Waals surface area contributed by atoms with Crippen LogP contribution in [0.15, 0.2) is 94.7 Å². The average Bonchev–Trinajstić information content (AvgIpc) is 3.19. The second kappa shape index (κ2) is 8.25.